The van der Waals surface area contributed by atoms with Gasteiger partial charge in [-0.05, 0) is 51.4 Å². The van der Waals surface area contributed by atoms with Crippen molar-refractivity contribution in [1.29, 1.82) is 0 Å². The summed E-state index contributed by atoms with van der Waals surface area (Å²) in [5.74, 6) is 1.15. The minimum absolute atomic E-state index is 0.544. The molecule has 3 heterocycles. The SMILES string of the molecule is Cc1cc(C)n(C[C@@H]2CCCN2Cc2nc3ccccc3n2C)n1. The van der Waals surface area contributed by atoms with Crippen LogP contribution in [-0.4, -0.2) is 36.8 Å². The fourth-order valence-corrected chi connectivity index (χ4v) is 3.89. The van der Waals surface area contributed by atoms with Crippen LogP contribution >= 0.6 is 0 Å². The molecule has 1 aliphatic rings. The van der Waals surface area contributed by atoms with Crippen molar-refractivity contribution in [2.45, 2.75) is 45.8 Å². The highest BCUT2D eigenvalue weighted by atomic mass is 15.3. The van der Waals surface area contributed by atoms with Gasteiger partial charge < -0.3 is 4.57 Å². The third-order valence-electron chi connectivity index (χ3n) is 5.21. The van der Waals surface area contributed by atoms with Crippen LogP contribution in [-0.2, 0) is 20.1 Å². The molecule has 1 saturated heterocycles. The monoisotopic (exact) mass is 323 g/mol. The molecule has 0 N–H and O–H groups in total. The highest BCUT2D eigenvalue weighted by molar-refractivity contribution is 5.75. The summed E-state index contributed by atoms with van der Waals surface area (Å²) < 4.78 is 4.39. The van der Waals surface area contributed by atoms with Gasteiger partial charge in [-0.15, -0.1) is 0 Å². The Bertz CT molecular complexity index is 860. The maximum absolute atomic E-state index is 4.84. The molecule has 5 nitrogen and oxygen atoms in total. The molecule has 1 atom stereocenters. The van der Waals surface area contributed by atoms with E-state index in [0.29, 0.717) is 6.04 Å². The van der Waals surface area contributed by atoms with Gasteiger partial charge in [0.05, 0.1) is 29.8 Å². The van der Waals surface area contributed by atoms with Crippen LogP contribution in [0.4, 0.5) is 0 Å². The van der Waals surface area contributed by atoms with Crippen molar-refractivity contribution in [1.82, 2.24) is 24.2 Å². The second kappa shape index (κ2) is 6.06. The zero-order chi connectivity index (χ0) is 16.7. The number of fused-ring (bicyclic) bond motifs is 1. The van der Waals surface area contributed by atoms with E-state index in [1.165, 1.54) is 24.1 Å². The number of rotatable bonds is 4. The van der Waals surface area contributed by atoms with Crippen LogP contribution in [0.2, 0.25) is 0 Å². The lowest BCUT2D eigenvalue weighted by atomic mass is 10.2. The molecule has 4 rings (SSSR count). The average Bonchev–Trinajstić information content (AvgIpc) is 3.21. The van der Waals surface area contributed by atoms with Gasteiger partial charge in [-0.2, -0.15) is 5.10 Å². The number of aryl methyl sites for hydroxylation is 3. The van der Waals surface area contributed by atoms with E-state index in [9.17, 15) is 0 Å². The lowest BCUT2D eigenvalue weighted by Crippen LogP contribution is -2.34. The molecule has 1 fully saturated rings. The van der Waals surface area contributed by atoms with Crippen molar-refractivity contribution in [2.24, 2.45) is 7.05 Å². The van der Waals surface area contributed by atoms with Gasteiger partial charge in [-0.25, -0.2) is 4.98 Å². The predicted octanol–water partition coefficient (Wildman–Crippen LogP) is 3.05. The number of hydrogen-bond donors (Lipinski definition) is 0. The Morgan fingerprint density at radius 2 is 2.04 bits per heavy atom. The first kappa shape index (κ1) is 15.4. The summed E-state index contributed by atoms with van der Waals surface area (Å²) in [6.07, 6.45) is 2.50. The van der Waals surface area contributed by atoms with Crippen LogP contribution < -0.4 is 0 Å². The molecule has 0 amide bonds. The van der Waals surface area contributed by atoms with Crippen LogP contribution in [0.5, 0.6) is 0 Å². The molecule has 24 heavy (non-hydrogen) atoms. The van der Waals surface area contributed by atoms with E-state index in [4.69, 9.17) is 4.98 Å². The summed E-state index contributed by atoms with van der Waals surface area (Å²) in [6.45, 7) is 7.24. The third-order valence-corrected chi connectivity index (χ3v) is 5.21. The standard InChI is InChI=1S/C19H25N5/c1-14-11-15(2)24(21-14)12-16-7-6-10-23(16)13-19-20-17-8-4-5-9-18(17)22(19)3/h4-5,8-9,11,16H,6-7,10,12-13H2,1-3H3/t16-/m0/s1. The number of imidazole rings is 1. The summed E-state index contributed by atoms with van der Waals surface area (Å²) in [5.41, 5.74) is 4.65. The first-order chi connectivity index (χ1) is 11.6. The quantitative estimate of drug-likeness (QED) is 0.741. The number of benzene rings is 1. The lowest BCUT2D eigenvalue weighted by Gasteiger charge is -2.24. The minimum Gasteiger partial charge on any atom is -0.330 e. The summed E-state index contributed by atoms with van der Waals surface area (Å²) in [7, 11) is 2.12. The molecule has 0 aliphatic carbocycles. The smallest absolute Gasteiger partial charge is 0.123 e. The van der Waals surface area contributed by atoms with Crippen LogP contribution in [0.25, 0.3) is 11.0 Å². The first-order valence-electron chi connectivity index (χ1n) is 8.77. The number of hydrogen-bond acceptors (Lipinski definition) is 3. The molecule has 0 bridgehead atoms. The minimum atomic E-state index is 0.544. The molecular formula is C19H25N5. The van der Waals surface area contributed by atoms with Gasteiger partial charge in [0.25, 0.3) is 0 Å². The second-order valence-corrected chi connectivity index (χ2v) is 6.95. The first-order valence-corrected chi connectivity index (χ1v) is 8.77. The van der Waals surface area contributed by atoms with Crippen molar-refractivity contribution in [2.75, 3.05) is 6.54 Å². The molecule has 1 aliphatic heterocycles. The van der Waals surface area contributed by atoms with E-state index in [2.05, 4.69) is 70.5 Å². The fraction of sp³-hybridized carbons (Fsp3) is 0.474. The molecular weight excluding hydrogens is 298 g/mol. The van der Waals surface area contributed by atoms with E-state index in [0.717, 1.165) is 36.7 Å². The molecule has 2 aromatic heterocycles. The van der Waals surface area contributed by atoms with Crippen molar-refractivity contribution in [3.63, 3.8) is 0 Å². The normalized spacial score (nSPS) is 18.7. The molecule has 0 saturated carbocycles. The van der Waals surface area contributed by atoms with Gasteiger partial charge in [-0.3, -0.25) is 9.58 Å². The van der Waals surface area contributed by atoms with Gasteiger partial charge in [0, 0.05) is 18.8 Å². The Balaban J connectivity index is 1.54. The lowest BCUT2D eigenvalue weighted by molar-refractivity contribution is 0.211. The van der Waals surface area contributed by atoms with Crippen LogP contribution in [0.1, 0.15) is 30.1 Å². The summed E-state index contributed by atoms with van der Waals surface area (Å²) in [5, 5.41) is 4.64. The van der Waals surface area contributed by atoms with Crippen molar-refractivity contribution in [3.05, 3.63) is 47.5 Å². The average molecular weight is 323 g/mol. The molecule has 1 aromatic carbocycles. The highest BCUT2D eigenvalue weighted by Gasteiger charge is 2.27. The van der Waals surface area contributed by atoms with E-state index in [-0.39, 0.29) is 0 Å². The number of likely N-dealkylation sites (tertiary alicyclic amines) is 1. The Hall–Kier alpha value is -2.14. The van der Waals surface area contributed by atoms with Gasteiger partial charge in [0.15, 0.2) is 0 Å². The number of aromatic nitrogens is 4. The van der Waals surface area contributed by atoms with Crippen molar-refractivity contribution < 1.29 is 0 Å². The Morgan fingerprint density at radius 1 is 1.21 bits per heavy atom. The van der Waals surface area contributed by atoms with Crippen molar-refractivity contribution in [3.8, 4) is 0 Å². The Morgan fingerprint density at radius 3 is 2.79 bits per heavy atom. The molecule has 5 heteroatoms. The maximum Gasteiger partial charge on any atom is 0.123 e. The number of nitrogens with zero attached hydrogens (tertiary/aromatic N) is 5. The zero-order valence-electron chi connectivity index (χ0n) is 14.7. The zero-order valence-corrected chi connectivity index (χ0v) is 14.7. The summed E-state index contributed by atoms with van der Waals surface area (Å²) in [4.78, 5) is 7.40. The molecule has 0 spiro atoms. The van der Waals surface area contributed by atoms with Gasteiger partial charge in [0.2, 0.25) is 0 Å². The van der Waals surface area contributed by atoms with Gasteiger partial charge in [0.1, 0.15) is 5.82 Å². The van der Waals surface area contributed by atoms with Gasteiger partial charge in [-0.1, -0.05) is 12.1 Å². The molecule has 3 aromatic rings. The predicted molar refractivity (Wildman–Crippen MR) is 95.8 cm³/mol. The molecule has 0 unspecified atom stereocenters. The maximum atomic E-state index is 4.84. The summed E-state index contributed by atoms with van der Waals surface area (Å²) in [6, 6.07) is 11.1. The highest BCUT2D eigenvalue weighted by Crippen LogP contribution is 2.23. The van der Waals surface area contributed by atoms with Crippen LogP contribution in [0, 0.1) is 13.8 Å². The van der Waals surface area contributed by atoms with E-state index >= 15 is 0 Å². The Labute approximate surface area is 142 Å². The van der Waals surface area contributed by atoms with Crippen LogP contribution in [0.15, 0.2) is 30.3 Å². The van der Waals surface area contributed by atoms with Gasteiger partial charge >= 0.3 is 0 Å². The third kappa shape index (κ3) is 2.73. The molecule has 0 radical (unpaired) electrons. The summed E-state index contributed by atoms with van der Waals surface area (Å²) >= 11 is 0. The second-order valence-electron chi connectivity index (χ2n) is 6.95. The fourth-order valence-electron chi connectivity index (χ4n) is 3.89. The van der Waals surface area contributed by atoms with Crippen molar-refractivity contribution >= 4 is 11.0 Å². The van der Waals surface area contributed by atoms with E-state index in [1.807, 2.05) is 0 Å². The van der Waals surface area contributed by atoms with E-state index < -0.39 is 0 Å². The largest absolute Gasteiger partial charge is 0.330 e. The number of para-hydroxylation sites is 2. The van der Waals surface area contributed by atoms with E-state index in [1.54, 1.807) is 0 Å². The Kier molecular flexibility index (Phi) is 3.88. The van der Waals surface area contributed by atoms with Crippen LogP contribution in [0.3, 0.4) is 0 Å². The topological polar surface area (TPSA) is 38.9 Å². The molecule has 126 valence electrons.